The second-order valence-corrected chi connectivity index (χ2v) is 5.79. The molecule has 0 bridgehead atoms. The van der Waals surface area contributed by atoms with Gasteiger partial charge in [-0.1, -0.05) is 12.1 Å². The van der Waals surface area contributed by atoms with Crippen LogP contribution < -0.4 is 22.1 Å². The fourth-order valence-corrected chi connectivity index (χ4v) is 2.05. The van der Waals surface area contributed by atoms with Crippen molar-refractivity contribution in [1.29, 1.82) is 0 Å². The summed E-state index contributed by atoms with van der Waals surface area (Å²) in [5.74, 6) is -3.71. The van der Waals surface area contributed by atoms with E-state index in [0.717, 1.165) is 0 Å². The molecule has 3 atom stereocenters. The third-order valence-electron chi connectivity index (χ3n) is 3.44. The van der Waals surface area contributed by atoms with Gasteiger partial charge in [-0.05, 0) is 24.6 Å². The fourth-order valence-electron chi connectivity index (χ4n) is 2.05. The Hall–Kier alpha value is -3.14. The number of benzene rings is 1. The zero-order chi connectivity index (χ0) is 19.9. The summed E-state index contributed by atoms with van der Waals surface area (Å²) in [5, 5.41) is 23.0. The Balaban J connectivity index is 2.95. The highest BCUT2D eigenvalue weighted by Crippen LogP contribution is 2.12. The fraction of sp³-hybridized carbons (Fsp3) is 0.375. The number of hydrogen-bond acceptors (Lipinski definition) is 6. The van der Waals surface area contributed by atoms with Crippen molar-refractivity contribution in [3.63, 3.8) is 0 Å². The normalized spacial score (nSPS) is 13.9. The van der Waals surface area contributed by atoms with Gasteiger partial charge in [0.25, 0.3) is 0 Å². The van der Waals surface area contributed by atoms with Crippen LogP contribution in [-0.2, 0) is 25.6 Å². The Morgan fingerprint density at radius 3 is 2.04 bits per heavy atom. The average molecular weight is 366 g/mol. The van der Waals surface area contributed by atoms with Crippen molar-refractivity contribution >= 4 is 23.7 Å². The van der Waals surface area contributed by atoms with E-state index in [0.29, 0.717) is 5.56 Å². The maximum absolute atomic E-state index is 12.4. The minimum absolute atomic E-state index is 0.0213. The highest BCUT2D eigenvalue weighted by Gasteiger charge is 2.28. The molecule has 1 rings (SSSR count). The lowest BCUT2D eigenvalue weighted by atomic mass is 10.0. The number of carboxylic acids is 1. The van der Waals surface area contributed by atoms with E-state index >= 15 is 0 Å². The number of aromatic hydroxyl groups is 1. The van der Waals surface area contributed by atoms with Crippen LogP contribution in [0.5, 0.6) is 5.75 Å². The number of nitrogens with one attached hydrogen (secondary N) is 2. The van der Waals surface area contributed by atoms with Crippen LogP contribution in [0.2, 0.25) is 0 Å². The predicted molar refractivity (Wildman–Crippen MR) is 90.8 cm³/mol. The van der Waals surface area contributed by atoms with Crippen molar-refractivity contribution in [2.75, 3.05) is 0 Å². The average Bonchev–Trinajstić information content (AvgIpc) is 2.54. The third kappa shape index (κ3) is 6.77. The molecule has 0 aliphatic carbocycles. The zero-order valence-electron chi connectivity index (χ0n) is 14.1. The molecule has 0 fully saturated rings. The molecule has 142 valence electrons. The number of nitrogens with two attached hydrogens (primary N) is 2. The Labute approximate surface area is 149 Å². The summed E-state index contributed by atoms with van der Waals surface area (Å²) >= 11 is 0. The van der Waals surface area contributed by atoms with E-state index in [9.17, 15) is 24.3 Å². The van der Waals surface area contributed by atoms with E-state index in [4.69, 9.17) is 16.6 Å². The van der Waals surface area contributed by atoms with Crippen molar-refractivity contribution in [3.8, 4) is 5.75 Å². The van der Waals surface area contributed by atoms with E-state index in [2.05, 4.69) is 10.6 Å². The highest BCUT2D eigenvalue weighted by atomic mass is 16.4. The number of primary amides is 1. The van der Waals surface area contributed by atoms with Crippen LogP contribution in [-0.4, -0.2) is 52.0 Å². The maximum atomic E-state index is 12.4. The molecule has 0 unspecified atom stereocenters. The van der Waals surface area contributed by atoms with Crippen LogP contribution in [0.15, 0.2) is 24.3 Å². The molecule has 1 aromatic rings. The molecular weight excluding hydrogens is 344 g/mol. The van der Waals surface area contributed by atoms with Crippen molar-refractivity contribution in [3.05, 3.63) is 29.8 Å². The molecule has 0 aliphatic rings. The molecule has 0 saturated carbocycles. The van der Waals surface area contributed by atoms with Gasteiger partial charge in [0.15, 0.2) is 0 Å². The molecule has 10 heteroatoms. The molecular formula is C16H22N4O6. The van der Waals surface area contributed by atoms with Gasteiger partial charge in [-0.3, -0.25) is 14.4 Å². The van der Waals surface area contributed by atoms with Gasteiger partial charge in [0.2, 0.25) is 17.7 Å². The second kappa shape index (κ2) is 9.37. The first-order valence-corrected chi connectivity index (χ1v) is 7.75. The Bertz CT molecular complexity index is 674. The standard InChI is InChI=1S/C16H22N4O6/c1-8(17)14(23)19-11(6-9-2-4-10(21)5-3-9)15(24)20-12(16(25)26)7-13(18)22/h2-5,8,11-12,21H,6-7,17H2,1H3,(H2,18,22)(H,19,23)(H,20,24)(H,25,26)/t8-,11-,12-/m0/s1. The van der Waals surface area contributed by atoms with Gasteiger partial charge in [0.05, 0.1) is 12.5 Å². The smallest absolute Gasteiger partial charge is 0.326 e. The second-order valence-electron chi connectivity index (χ2n) is 5.79. The van der Waals surface area contributed by atoms with Crippen LogP contribution in [0.25, 0.3) is 0 Å². The minimum atomic E-state index is -1.52. The van der Waals surface area contributed by atoms with Crippen molar-refractivity contribution in [1.82, 2.24) is 10.6 Å². The highest BCUT2D eigenvalue weighted by molar-refractivity contribution is 5.93. The van der Waals surface area contributed by atoms with Gasteiger partial charge in [-0.15, -0.1) is 0 Å². The number of rotatable bonds is 9. The Morgan fingerprint density at radius 2 is 1.58 bits per heavy atom. The molecule has 0 radical (unpaired) electrons. The molecule has 0 aliphatic heterocycles. The van der Waals surface area contributed by atoms with Crippen molar-refractivity contribution in [2.24, 2.45) is 11.5 Å². The SMILES string of the molecule is C[C@H](N)C(=O)N[C@@H](Cc1ccc(O)cc1)C(=O)N[C@@H](CC(N)=O)C(=O)O. The van der Waals surface area contributed by atoms with Crippen LogP contribution in [0.4, 0.5) is 0 Å². The number of carboxylic acid groups (broad SMARTS) is 1. The number of phenols is 1. The first-order chi connectivity index (χ1) is 12.1. The molecule has 8 N–H and O–H groups in total. The summed E-state index contributed by atoms with van der Waals surface area (Å²) in [4.78, 5) is 46.4. The quantitative estimate of drug-likeness (QED) is 0.298. The molecule has 3 amide bonds. The Kier molecular flexibility index (Phi) is 7.53. The summed E-state index contributed by atoms with van der Waals surface area (Å²) < 4.78 is 0. The number of phenolic OH excluding ortho intramolecular Hbond substituents is 1. The summed E-state index contributed by atoms with van der Waals surface area (Å²) in [6, 6.07) is 2.38. The minimum Gasteiger partial charge on any atom is -0.508 e. The lowest BCUT2D eigenvalue weighted by Gasteiger charge is -2.22. The van der Waals surface area contributed by atoms with E-state index in [-0.39, 0.29) is 12.2 Å². The first-order valence-electron chi connectivity index (χ1n) is 7.75. The van der Waals surface area contributed by atoms with Crippen LogP contribution in [0.3, 0.4) is 0 Å². The van der Waals surface area contributed by atoms with E-state index < -0.39 is 48.2 Å². The van der Waals surface area contributed by atoms with Gasteiger partial charge < -0.3 is 32.3 Å². The van der Waals surface area contributed by atoms with Gasteiger partial charge in [0, 0.05) is 6.42 Å². The predicted octanol–water partition coefficient (Wildman–Crippen LogP) is -1.79. The van der Waals surface area contributed by atoms with E-state index in [1.807, 2.05) is 0 Å². The molecule has 0 heterocycles. The zero-order valence-corrected chi connectivity index (χ0v) is 14.1. The number of carbonyl (C=O) groups excluding carboxylic acids is 3. The van der Waals surface area contributed by atoms with Crippen molar-refractivity contribution < 1.29 is 29.4 Å². The lowest BCUT2D eigenvalue weighted by molar-refractivity contribution is -0.143. The lowest BCUT2D eigenvalue weighted by Crippen LogP contribution is -2.55. The maximum Gasteiger partial charge on any atom is 0.326 e. The molecule has 0 saturated heterocycles. The summed E-state index contributed by atoms with van der Waals surface area (Å²) in [6.45, 7) is 1.43. The monoisotopic (exact) mass is 366 g/mol. The van der Waals surface area contributed by atoms with Crippen LogP contribution in [0, 0.1) is 0 Å². The van der Waals surface area contributed by atoms with E-state index in [1.165, 1.54) is 19.1 Å². The topological polar surface area (TPSA) is 185 Å². The number of hydrogen-bond donors (Lipinski definition) is 6. The molecule has 0 aromatic heterocycles. The molecule has 0 spiro atoms. The van der Waals surface area contributed by atoms with Gasteiger partial charge in [0.1, 0.15) is 17.8 Å². The first kappa shape index (κ1) is 20.9. The number of carbonyl (C=O) groups is 4. The number of aliphatic carboxylic acids is 1. The van der Waals surface area contributed by atoms with Gasteiger partial charge in [-0.2, -0.15) is 0 Å². The summed E-state index contributed by atoms with van der Waals surface area (Å²) in [7, 11) is 0. The van der Waals surface area contributed by atoms with Gasteiger partial charge >= 0.3 is 5.97 Å². The van der Waals surface area contributed by atoms with Gasteiger partial charge in [-0.25, -0.2) is 4.79 Å². The molecule has 26 heavy (non-hydrogen) atoms. The Morgan fingerprint density at radius 1 is 1.04 bits per heavy atom. The van der Waals surface area contributed by atoms with E-state index in [1.54, 1.807) is 12.1 Å². The molecule has 10 nitrogen and oxygen atoms in total. The molecule has 1 aromatic carbocycles. The van der Waals surface area contributed by atoms with Crippen LogP contribution >= 0.6 is 0 Å². The summed E-state index contributed by atoms with van der Waals surface area (Å²) in [5.41, 5.74) is 11.1. The third-order valence-corrected chi connectivity index (χ3v) is 3.44. The number of amides is 3. The largest absolute Gasteiger partial charge is 0.508 e. The van der Waals surface area contributed by atoms with Crippen molar-refractivity contribution in [2.45, 2.75) is 37.9 Å². The summed E-state index contributed by atoms with van der Waals surface area (Å²) in [6.07, 6.45) is -0.568. The van der Waals surface area contributed by atoms with Crippen LogP contribution in [0.1, 0.15) is 18.9 Å².